The normalized spacial score (nSPS) is 12.9. The molecule has 1 atom stereocenters. The summed E-state index contributed by atoms with van der Waals surface area (Å²) in [5.41, 5.74) is 8.83. The van der Waals surface area contributed by atoms with Gasteiger partial charge in [0.05, 0.1) is 39.4 Å². The van der Waals surface area contributed by atoms with E-state index in [4.69, 9.17) is 19.4 Å². The molecule has 6 rings (SSSR count). The van der Waals surface area contributed by atoms with Crippen LogP contribution in [-0.4, -0.2) is 69.6 Å². The lowest BCUT2D eigenvalue weighted by molar-refractivity contribution is -0.118. The van der Waals surface area contributed by atoms with Crippen LogP contribution in [0, 0.1) is 6.92 Å². The quantitative estimate of drug-likeness (QED) is 0.0319. The van der Waals surface area contributed by atoms with Crippen molar-refractivity contribution in [2.45, 2.75) is 48.5 Å². The Morgan fingerprint density at radius 1 is 1.02 bits per heavy atom. The molecule has 0 fully saturated rings. The molecule has 3 amide bonds. The number of carbonyl (C=O) groups is 3. The monoisotopic (exact) mass is 828 g/mol. The summed E-state index contributed by atoms with van der Waals surface area (Å²) in [6, 6.07) is 18.8. The van der Waals surface area contributed by atoms with Crippen molar-refractivity contribution in [3.8, 4) is 17.2 Å². The number of pyridine rings is 1. The van der Waals surface area contributed by atoms with E-state index < -0.39 is 27.8 Å². The number of anilines is 3. The number of rotatable bonds is 18. The number of methoxy groups -OCH3 is 1. The first-order valence-corrected chi connectivity index (χ1v) is 20.3. The Morgan fingerprint density at radius 3 is 2.55 bits per heavy atom. The van der Waals surface area contributed by atoms with Crippen molar-refractivity contribution in [3.63, 3.8) is 0 Å². The number of fused-ring (bicyclic) bond motifs is 2. The first-order chi connectivity index (χ1) is 27.9. The number of primary amides is 1. The number of hydrogen-bond donors (Lipinski definition) is 7. The van der Waals surface area contributed by atoms with E-state index in [1.807, 2.05) is 0 Å². The van der Waals surface area contributed by atoms with Crippen LogP contribution in [-0.2, 0) is 18.8 Å². The van der Waals surface area contributed by atoms with E-state index in [1.165, 1.54) is 55.8 Å². The number of aromatic nitrogens is 1. The molecule has 0 unspecified atom stereocenters. The summed E-state index contributed by atoms with van der Waals surface area (Å²) < 4.78 is 44.4. The molecule has 0 radical (unpaired) electrons. The summed E-state index contributed by atoms with van der Waals surface area (Å²) in [6.07, 6.45) is 4.11. The van der Waals surface area contributed by atoms with Gasteiger partial charge >= 0.3 is 0 Å². The van der Waals surface area contributed by atoms with Gasteiger partial charge in [0.25, 0.3) is 17.7 Å². The Kier molecular flexibility index (Phi) is 13.4. The second-order valence-corrected chi connectivity index (χ2v) is 15.8. The molecule has 5 aromatic rings. The molecule has 0 saturated carbocycles. The first-order valence-electron chi connectivity index (χ1n) is 18.5. The number of ether oxygens (including phenoxy) is 2. The van der Waals surface area contributed by atoms with Gasteiger partial charge < -0.3 is 45.8 Å². The number of nitrogens with one attached hydrogen (secondary N) is 4. The number of amides is 3. The number of benzene rings is 4. The van der Waals surface area contributed by atoms with Crippen LogP contribution in [0.3, 0.4) is 0 Å². The minimum Gasteiger partial charge on any atom is -0.508 e. The second kappa shape index (κ2) is 18.6. The van der Waals surface area contributed by atoms with Gasteiger partial charge in [-0.25, -0.2) is 8.42 Å². The maximum Gasteiger partial charge on any atom is 0.262 e. The van der Waals surface area contributed by atoms with Crippen LogP contribution in [0.1, 0.15) is 63.6 Å². The number of aromatic hydroxyl groups is 1. The Labute approximate surface area is 341 Å². The lowest BCUT2D eigenvalue weighted by atomic mass is 10.0. The van der Waals surface area contributed by atoms with Crippen LogP contribution in [0.2, 0.25) is 0 Å². The Hall–Kier alpha value is -5.88. The molecule has 17 heteroatoms. The van der Waals surface area contributed by atoms with Gasteiger partial charge in [-0.05, 0) is 93.3 Å². The second-order valence-electron chi connectivity index (χ2n) is 13.7. The van der Waals surface area contributed by atoms with Crippen molar-refractivity contribution in [1.82, 2.24) is 15.6 Å². The molecule has 0 spiro atoms. The van der Waals surface area contributed by atoms with E-state index in [9.17, 15) is 27.9 Å². The first kappa shape index (κ1) is 41.7. The molecule has 0 saturated heterocycles. The Balaban J connectivity index is 1.04. The van der Waals surface area contributed by atoms with Crippen LogP contribution in [0.25, 0.3) is 10.9 Å². The van der Waals surface area contributed by atoms with E-state index in [1.54, 1.807) is 37.3 Å². The number of unbranched alkanes of at least 4 members (excludes halogenated alkanes) is 3. The summed E-state index contributed by atoms with van der Waals surface area (Å²) in [4.78, 5) is 41.6. The summed E-state index contributed by atoms with van der Waals surface area (Å²) in [5.74, 6) is -0.486. The summed E-state index contributed by atoms with van der Waals surface area (Å²) in [5, 5.41) is 22.6. The van der Waals surface area contributed by atoms with Gasteiger partial charge in [-0.2, -0.15) is 0 Å². The maximum atomic E-state index is 14.1. The van der Waals surface area contributed by atoms with Crippen molar-refractivity contribution in [3.05, 3.63) is 101 Å². The number of aryl methyl sites for hydroxylation is 1. The fraction of sp³-hybridized carbons (Fsp3) is 0.268. The fourth-order valence-corrected chi connectivity index (χ4v) is 8.24. The molecule has 7 N–H and O–H groups in total. The molecule has 58 heavy (non-hydrogen) atoms. The number of carbonyl (C=O) groups excluding carboxylic acids is 3. The summed E-state index contributed by atoms with van der Waals surface area (Å²) in [7, 11) is -2.60. The minimum absolute atomic E-state index is 0.0371. The third-order valence-corrected chi connectivity index (χ3v) is 11.5. The zero-order chi connectivity index (χ0) is 41.4. The number of phenols is 1. The average Bonchev–Trinajstić information content (AvgIpc) is 3.21. The lowest BCUT2D eigenvalue weighted by Crippen LogP contribution is -2.28. The van der Waals surface area contributed by atoms with Crippen molar-refractivity contribution in [1.29, 1.82) is 0 Å². The number of thiol groups is 1. The largest absolute Gasteiger partial charge is 0.508 e. The smallest absolute Gasteiger partial charge is 0.262 e. The Morgan fingerprint density at radius 2 is 1.79 bits per heavy atom. The number of nitrogens with zero attached hydrogens (tertiary/aromatic N) is 1. The molecule has 2 heterocycles. The molecule has 0 aliphatic carbocycles. The highest BCUT2D eigenvalue weighted by atomic mass is 32.2. The van der Waals surface area contributed by atoms with E-state index in [-0.39, 0.29) is 39.2 Å². The third kappa shape index (κ3) is 9.62. The average molecular weight is 829 g/mol. The van der Waals surface area contributed by atoms with E-state index >= 15 is 0 Å². The Bertz CT molecular complexity index is 2460. The van der Waals surface area contributed by atoms with Crippen molar-refractivity contribution in [2.24, 2.45) is 5.73 Å². The van der Waals surface area contributed by atoms with Gasteiger partial charge in [0, 0.05) is 53.6 Å². The molecular formula is C41H44N6O9S2. The number of nitrogens with two attached hydrogens (primary N) is 1. The molecule has 304 valence electrons. The van der Waals surface area contributed by atoms with Gasteiger partial charge in [-0.15, -0.1) is 0 Å². The maximum absolute atomic E-state index is 14.1. The highest BCUT2D eigenvalue weighted by Crippen LogP contribution is 2.40. The van der Waals surface area contributed by atoms with E-state index in [0.717, 1.165) is 19.3 Å². The standard InChI is InChI=1S/C41H44N6O9S2/c1-24-15-30(20-32-37(24)45-21-33(40(42)50)38(32)46-26-10-8-11-28(17-26)54-2)58(52,53)29-12-7-9-25(16-29)41(51)44-14-6-4-3-5-13-43-22-35(56-57)31-18-27(48)19-34-39(31)55-23-36(49)47-34/h7-12,15-21,35,43,48,57H,3-6,13-14,22-23H2,1-2H3,(H2,42,50)(H,44,51)(H,45,46)(H,47,49)/t35-/m0/s1. The highest BCUT2D eigenvalue weighted by Gasteiger charge is 2.26. The van der Waals surface area contributed by atoms with E-state index in [2.05, 4.69) is 39.2 Å². The van der Waals surface area contributed by atoms with Gasteiger partial charge in [0.1, 0.15) is 23.4 Å². The van der Waals surface area contributed by atoms with Crippen molar-refractivity contribution < 1.29 is 41.6 Å². The predicted molar refractivity (Wildman–Crippen MR) is 222 cm³/mol. The fourth-order valence-electron chi connectivity index (χ4n) is 6.63. The lowest BCUT2D eigenvalue weighted by Gasteiger charge is -2.24. The summed E-state index contributed by atoms with van der Waals surface area (Å²) in [6.45, 7) is 3.06. The van der Waals surface area contributed by atoms with Crippen LogP contribution in [0.15, 0.2) is 88.8 Å². The van der Waals surface area contributed by atoms with Crippen LogP contribution in [0.5, 0.6) is 17.2 Å². The molecule has 4 aromatic carbocycles. The highest BCUT2D eigenvalue weighted by molar-refractivity contribution is 7.91. The van der Waals surface area contributed by atoms with Gasteiger partial charge in [0.2, 0.25) is 9.84 Å². The molecule has 15 nitrogen and oxygen atoms in total. The summed E-state index contributed by atoms with van der Waals surface area (Å²) >= 11 is 4.00. The van der Waals surface area contributed by atoms with Crippen LogP contribution >= 0.6 is 12.9 Å². The minimum atomic E-state index is -4.14. The number of sulfone groups is 1. The van der Waals surface area contributed by atoms with Gasteiger partial charge in [-0.1, -0.05) is 25.0 Å². The molecule has 0 bridgehead atoms. The van der Waals surface area contributed by atoms with Crippen molar-refractivity contribution in [2.75, 3.05) is 44.0 Å². The SMILES string of the molecule is COc1cccc(Nc2c(C(N)=O)cnc3c(C)cc(S(=O)(=O)c4cccc(C(=O)NCCCCCCNC[C@H](OS)c5cc(O)cc6c5OCC(=O)N6)c4)cc23)c1. The van der Waals surface area contributed by atoms with Gasteiger partial charge in [0.15, 0.2) is 6.61 Å². The molecular weight excluding hydrogens is 785 g/mol. The topological polar surface area (TPSA) is 220 Å². The van der Waals surface area contributed by atoms with Gasteiger partial charge in [-0.3, -0.25) is 19.4 Å². The van der Waals surface area contributed by atoms with Crippen LogP contribution < -0.4 is 36.5 Å². The van der Waals surface area contributed by atoms with Crippen molar-refractivity contribution >= 4 is 68.4 Å². The number of hydrogen-bond acceptors (Lipinski definition) is 13. The van der Waals surface area contributed by atoms with Crippen LogP contribution in [0.4, 0.5) is 17.1 Å². The molecule has 1 aliphatic rings. The molecule has 1 aromatic heterocycles. The third-order valence-electron chi connectivity index (χ3n) is 9.55. The molecule has 1 aliphatic heterocycles. The number of phenolic OH excluding ortho intramolecular Hbond substituents is 1. The predicted octanol–water partition coefficient (Wildman–Crippen LogP) is 5.75. The zero-order valence-electron chi connectivity index (χ0n) is 31.8. The zero-order valence-corrected chi connectivity index (χ0v) is 33.5. The van der Waals surface area contributed by atoms with E-state index in [0.29, 0.717) is 76.6 Å².